The number of sulfonamides is 1. The van der Waals surface area contributed by atoms with E-state index < -0.39 is 16.0 Å². The molecule has 1 saturated carbocycles. The van der Waals surface area contributed by atoms with Crippen molar-refractivity contribution >= 4 is 21.9 Å². The number of nitrogens with zero attached hydrogens (tertiary/aromatic N) is 1. The molecule has 0 aliphatic heterocycles. The Bertz CT molecular complexity index is 726. The summed E-state index contributed by atoms with van der Waals surface area (Å²) in [4.78, 5) is 24.9. The highest BCUT2D eigenvalue weighted by Crippen LogP contribution is 2.23. The molecular formula is C16H22N2O5S. The molecule has 0 aromatic heterocycles. The lowest BCUT2D eigenvalue weighted by molar-refractivity contribution is -0.137. The van der Waals surface area contributed by atoms with E-state index in [1.54, 1.807) is 13.8 Å². The minimum absolute atomic E-state index is 0.0166. The molecule has 7 nitrogen and oxygen atoms in total. The summed E-state index contributed by atoms with van der Waals surface area (Å²) in [6.45, 7) is 3.65. The lowest BCUT2D eigenvalue weighted by atomic mass is 10.1. The molecule has 1 aromatic rings. The molecule has 1 amide bonds. The topological polar surface area (TPSA) is 104 Å². The number of carbonyl (C=O) groups is 2. The monoisotopic (exact) mass is 354 g/mol. The third kappa shape index (κ3) is 4.78. The van der Waals surface area contributed by atoms with Crippen LogP contribution in [0.3, 0.4) is 0 Å². The van der Waals surface area contributed by atoms with Crippen LogP contribution in [0.15, 0.2) is 29.2 Å². The third-order valence-corrected chi connectivity index (χ3v) is 5.26. The van der Waals surface area contributed by atoms with Crippen molar-refractivity contribution in [2.75, 3.05) is 6.54 Å². The second-order valence-corrected chi connectivity index (χ2v) is 7.87. The van der Waals surface area contributed by atoms with E-state index in [4.69, 9.17) is 5.11 Å². The Balaban J connectivity index is 2.21. The summed E-state index contributed by atoms with van der Waals surface area (Å²) >= 11 is 0. The molecule has 1 aliphatic rings. The Morgan fingerprint density at radius 3 is 2.54 bits per heavy atom. The average molecular weight is 354 g/mol. The number of hydrogen-bond acceptors (Lipinski definition) is 4. The molecule has 0 bridgehead atoms. The van der Waals surface area contributed by atoms with Crippen molar-refractivity contribution in [3.05, 3.63) is 29.8 Å². The maximum atomic E-state index is 12.6. The Morgan fingerprint density at radius 1 is 1.33 bits per heavy atom. The number of amides is 1. The van der Waals surface area contributed by atoms with E-state index in [0.717, 1.165) is 12.8 Å². The van der Waals surface area contributed by atoms with Crippen LogP contribution in [0, 0.1) is 0 Å². The smallest absolute Gasteiger partial charge is 0.305 e. The second kappa shape index (κ2) is 7.31. The molecule has 132 valence electrons. The lowest BCUT2D eigenvalue weighted by Crippen LogP contribution is -2.38. The summed E-state index contributed by atoms with van der Waals surface area (Å²) in [5, 5.41) is 8.81. The summed E-state index contributed by atoms with van der Waals surface area (Å²) in [7, 11) is -3.64. The first-order valence-electron chi connectivity index (χ1n) is 7.86. The SMILES string of the molecule is CC(C)N(CCC(=O)O)C(=O)c1cccc(S(=O)(=O)NC2CC2)c1. The Labute approximate surface area is 141 Å². The first kappa shape index (κ1) is 18.4. The number of benzene rings is 1. The van der Waals surface area contributed by atoms with Crippen molar-refractivity contribution in [2.24, 2.45) is 0 Å². The van der Waals surface area contributed by atoms with Gasteiger partial charge in [-0.2, -0.15) is 0 Å². The van der Waals surface area contributed by atoms with Gasteiger partial charge in [-0.05, 0) is 44.9 Å². The summed E-state index contributed by atoms with van der Waals surface area (Å²) < 4.78 is 27.1. The Kier molecular flexibility index (Phi) is 5.61. The van der Waals surface area contributed by atoms with Gasteiger partial charge < -0.3 is 10.0 Å². The van der Waals surface area contributed by atoms with Gasteiger partial charge in [0, 0.05) is 24.2 Å². The van der Waals surface area contributed by atoms with Crippen LogP contribution < -0.4 is 4.72 Å². The zero-order chi connectivity index (χ0) is 17.9. The average Bonchev–Trinajstić information content (AvgIpc) is 3.30. The lowest BCUT2D eigenvalue weighted by Gasteiger charge is -2.26. The molecule has 0 heterocycles. The first-order valence-corrected chi connectivity index (χ1v) is 9.34. The van der Waals surface area contributed by atoms with Gasteiger partial charge >= 0.3 is 5.97 Å². The highest BCUT2D eigenvalue weighted by molar-refractivity contribution is 7.89. The van der Waals surface area contributed by atoms with E-state index in [0.29, 0.717) is 0 Å². The highest BCUT2D eigenvalue weighted by atomic mass is 32.2. The van der Waals surface area contributed by atoms with Crippen molar-refractivity contribution in [3.63, 3.8) is 0 Å². The molecule has 1 aliphatic carbocycles. The summed E-state index contributed by atoms with van der Waals surface area (Å²) in [6.07, 6.45) is 1.49. The Morgan fingerprint density at radius 2 is 2.00 bits per heavy atom. The molecule has 2 N–H and O–H groups in total. The van der Waals surface area contributed by atoms with E-state index in [2.05, 4.69) is 4.72 Å². The minimum atomic E-state index is -3.64. The molecule has 2 rings (SSSR count). The zero-order valence-corrected chi connectivity index (χ0v) is 14.5. The van der Waals surface area contributed by atoms with E-state index in [9.17, 15) is 18.0 Å². The minimum Gasteiger partial charge on any atom is -0.481 e. The fourth-order valence-electron chi connectivity index (χ4n) is 2.26. The predicted molar refractivity (Wildman–Crippen MR) is 88.2 cm³/mol. The molecule has 8 heteroatoms. The highest BCUT2D eigenvalue weighted by Gasteiger charge is 2.28. The summed E-state index contributed by atoms with van der Waals surface area (Å²) in [6, 6.07) is 5.62. The van der Waals surface area contributed by atoms with Crippen molar-refractivity contribution in [1.29, 1.82) is 0 Å². The van der Waals surface area contributed by atoms with Crippen LogP contribution in [0.4, 0.5) is 0 Å². The van der Waals surface area contributed by atoms with Gasteiger partial charge in [0.25, 0.3) is 5.91 Å². The third-order valence-electron chi connectivity index (χ3n) is 3.74. The van der Waals surface area contributed by atoms with Crippen molar-refractivity contribution in [3.8, 4) is 0 Å². The molecule has 1 aromatic carbocycles. The molecule has 0 unspecified atom stereocenters. The normalized spacial score (nSPS) is 14.6. The van der Waals surface area contributed by atoms with Crippen LogP contribution in [0.1, 0.15) is 43.5 Å². The largest absolute Gasteiger partial charge is 0.481 e. The maximum Gasteiger partial charge on any atom is 0.305 e. The number of carboxylic acids is 1. The van der Waals surface area contributed by atoms with Gasteiger partial charge in [-0.25, -0.2) is 13.1 Å². The van der Waals surface area contributed by atoms with E-state index in [1.807, 2.05) is 0 Å². The fraction of sp³-hybridized carbons (Fsp3) is 0.500. The van der Waals surface area contributed by atoms with Crippen LogP contribution >= 0.6 is 0 Å². The molecule has 0 spiro atoms. The zero-order valence-electron chi connectivity index (χ0n) is 13.7. The van der Waals surface area contributed by atoms with Crippen molar-refractivity contribution < 1.29 is 23.1 Å². The molecule has 0 radical (unpaired) electrons. The fourth-order valence-corrected chi connectivity index (χ4v) is 3.61. The number of hydrogen-bond donors (Lipinski definition) is 2. The summed E-state index contributed by atoms with van der Waals surface area (Å²) in [5.41, 5.74) is 0.229. The van der Waals surface area contributed by atoms with Crippen LogP contribution in [-0.4, -0.2) is 48.9 Å². The van der Waals surface area contributed by atoms with Gasteiger partial charge in [-0.3, -0.25) is 9.59 Å². The van der Waals surface area contributed by atoms with Crippen molar-refractivity contribution in [2.45, 2.75) is 50.1 Å². The molecule has 0 atom stereocenters. The van der Waals surface area contributed by atoms with Crippen LogP contribution in [0.2, 0.25) is 0 Å². The number of carbonyl (C=O) groups excluding carboxylic acids is 1. The molecule has 24 heavy (non-hydrogen) atoms. The van der Waals surface area contributed by atoms with Gasteiger partial charge in [-0.15, -0.1) is 0 Å². The first-order chi connectivity index (χ1) is 11.2. The van der Waals surface area contributed by atoms with Crippen LogP contribution in [0.25, 0.3) is 0 Å². The van der Waals surface area contributed by atoms with E-state index >= 15 is 0 Å². The molecule has 0 saturated heterocycles. The summed E-state index contributed by atoms with van der Waals surface area (Å²) in [5.74, 6) is -1.37. The maximum absolute atomic E-state index is 12.6. The standard InChI is InChI=1S/C16H22N2O5S/c1-11(2)18(9-8-15(19)20)16(21)12-4-3-5-14(10-12)24(22,23)17-13-6-7-13/h3-5,10-11,13,17H,6-9H2,1-2H3,(H,19,20). The number of nitrogens with one attached hydrogen (secondary N) is 1. The molecular weight excluding hydrogens is 332 g/mol. The predicted octanol–water partition coefficient (Wildman–Crippen LogP) is 1.45. The number of aliphatic carboxylic acids is 1. The van der Waals surface area contributed by atoms with E-state index in [-0.39, 0.29) is 41.4 Å². The van der Waals surface area contributed by atoms with Gasteiger partial charge in [0.1, 0.15) is 0 Å². The van der Waals surface area contributed by atoms with Crippen LogP contribution in [-0.2, 0) is 14.8 Å². The van der Waals surface area contributed by atoms with Gasteiger partial charge in [0.2, 0.25) is 10.0 Å². The second-order valence-electron chi connectivity index (χ2n) is 6.16. The van der Waals surface area contributed by atoms with Gasteiger partial charge in [0.05, 0.1) is 11.3 Å². The van der Waals surface area contributed by atoms with Gasteiger partial charge in [0.15, 0.2) is 0 Å². The number of rotatable bonds is 8. The van der Waals surface area contributed by atoms with Gasteiger partial charge in [-0.1, -0.05) is 6.07 Å². The molecule has 1 fully saturated rings. The Hall–Kier alpha value is -1.93. The quantitative estimate of drug-likeness (QED) is 0.735. The number of carboxylic acid groups (broad SMARTS) is 1. The van der Waals surface area contributed by atoms with Crippen LogP contribution in [0.5, 0.6) is 0 Å². The van der Waals surface area contributed by atoms with Crippen molar-refractivity contribution in [1.82, 2.24) is 9.62 Å². The van der Waals surface area contributed by atoms with E-state index in [1.165, 1.54) is 29.2 Å².